The lowest BCUT2D eigenvalue weighted by atomic mass is 10.1. The maximum absolute atomic E-state index is 11.4. The van der Waals surface area contributed by atoms with Crippen LogP contribution >= 0.6 is 0 Å². The number of likely N-dealkylation sites (tertiary alicyclic amines) is 1. The zero-order valence-corrected chi connectivity index (χ0v) is 16.2. The van der Waals surface area contributed by atoms with Gasteiger partial charge < -0.3 is 16.0 Å². The fraction of sp³-hybridized carbons (Fsp3) is 0.429. The third-order valence-electron chi connectivity index (χ3n) is 5.02. The number of hydrogen-bond acceptors (Lipinski definition) is 5. The number of carbonyl (C=O) groups excluding carboxylic acids is 1. The quantitative estimate of drug-likeness (QED) is 0.821. The predicted octanol–water partition coefficient (Wildman–Crippen LogP) is 2.71. The lowest BCUT2D eigenvalue weighted by molar-refractivity contribution is 0.1000. The van der Waals surface area contributed by atoms with Gasteiger partial charge in [0.25, 0.3) is 0 Å². The van der Waals surface area contributed by atoms with Crippen LogP contribution in [-0.4, -0.2) is 49.0 Å². The summed E-state index contributed by atoms with van der Waals surface area (Å²) in [7, 11) is 3.99. The van der Waals surface area contributed by atoms with Crippen LogP contribution < -0.4 is 16.0 Å². The second kappa shape index (κ2) is 8.86. The third-order valence-corrected chi connectivity index (χ3v) is 5.02. The van der Waals surface area contributed by atoms with Gasteiger partial charge in [0.1, 0.15) is 5.82 Å². The van der Waals surface area contributed by atoms with E-state index < -0.39 is 0 Å². The Morgan fingerprint density at radius 1 is 1.26 bits per heavy atom. The first-order valence-corrected chi connectivity index (χ1v) is 9.52. The van der Waals surface area contributed by atoms with Gasteiger partial charge in [-0.2, -0.15) is 0 Å². The summed E-state index contributed by atoms with van der Waals surface area (Å²) in [6.45, 7) is 2.95. The van der Waals surface area contributed by atoms with E-state index in [0.717, 1.165) is 56.0 Å². The second-order valence-electron chi connectivity index (χ2n) is 7.41. The molecule has 1 aliphatic heterocycles. The molecule has 0 spiro atoms. The average molecular weight is 367 g/mol. The largest absolute Gasteiger partial charge is 0.381 e. The molecule has 3 N–H and O–H groups in total. The van der Waals surface area contributed by atoms with Crippen LogP contribution in [0.5, 0.6) is 0 Å². The van der Waals surface area contributed by atoms with Gasteiger partial charge in [-0.05, 0) is 55.6 Å². The normalized spacial score (nSPS) is 17.9. The van der Waals surface area contributed by atoms with E-state index in [2.05, 4.69) is 27.3 Å². The molecule has 1 atom stereocenters. The molecule has 1 saturated heterocycles. The van der Waals surface area contributed by atoms with Crippen molar-refractivity contribution in [2.45, 2.75) is 31.8 Å². The molecule has 1 amide bonds. The van der Waals surface area contributed by atoms with Gasteiger partial charge in [0.2, 0.25) is 5.91 Å². The SMILES string of the molecule is CN(C)c1ccc(N[C@H]2CCCN(Cc3cccc(C(N)=O)c3)CC2)cn1. The smallest absolute Gasteiger partial charge is 0.248 e. The molecule has 27 heavy (non-hydrogen) atoms. The van der Waals surface area contributed by atoms with Crippen molar-refractivity contribution in [2.75, 3.05) is 37.4 Å². The van der Waals surface area contributed by atoms with Crippen LogP contribution in [0.2, 0.25) is 0 Å². The van der Waals surface area contributed by atoms with Crippen LogP contribution in [0.25, 0.3) is 0 Å². The van der Waals surface area contributed by atoms with Crippen molar-refractivity contribution in [3.63, 3.8) is 0 Å². The number of aromatic nitrogens is 1. The number of primary amides is 1. The van der Waals surface area contributed by atoms with Crippen molar-refractivity contribution < 1.29 is 4.79 Å². The fourth-order valence-electron chi connectivity index (χ4n) is 3.51. The Balaban J connectivity index is 1.54. The first-order valence-electron chi connectivity index (χ1n) is 9.52. The Bertz CT molecular complexity index is 759. The van der Waals surface area contributed by atoms with Gasteiger partial charge in [0.15, 0.2) is 0 Å². The van der Waals surface area contributed by atoms with Crippen LogP contribution in [-0.2, 0) is 6.54 Å². The van der Waals surface area contributed by atoms with E-state index >= 15 is 0 Å². The number of nitrogens with two attached hydrogens (primary N) is 1. The fourth-order valence-corrected chi connectivity index (χ4v) is 3.51. The molecular formula is C21H29N5O. The maximum Gasteiger partial charge on any atom is 0.248 e. The van der Waals surface area contributed by atoms with Crippen molar-refractivity contribution in [1.29, 1.82) is 0 Å². The zero-order valence-electron chi connectivity index (χ0n) is 16.2. The summed E-state index contributed by atoms with van der Waals surface area (Å²) in [4.78, 5) is 20.3. The molecule has 1 fully saturated rings. The van der Waals surface area contributed by atoms with Crippen LogP contribution in [0.3, 0.4) is 0 Å². The number of amides is 1. The zero-order chi connectivity index (χ0) is 19.2. The highest BCUT2D eigenvalue weighted by molar-refractivity contribution is 5.92. The summed E-state index contributed by atoms with van der Waals surface area (Å²) in [5.74, 6) is 0.594. The van der Waals surface area contributed by atoms with Crippen molar-refractivity contribution in [2.24, 2.45) is 5.73 Å². The number of benzene rings is 1. The van der Waals surface area contributed by atoms with E-state index in [1.54, 1.807) is 6.07 Å². The van der Waals surface area contributed by atoms with Crippen LogP contribution in [0.15, 0.2) is 42.6 Å². The van der Waals surface area contributed by atoms with Gasteiger partial charge in [-0.25, -0.2) is 4.98 Å². The van der Waals surface area contributed by atoms with Gasteiger partial charge >= 0.3 is 0 Å². The topological polar surface area (TPSA) is 74.5 Å². The summed E-state index contributed by atoms with van der Waals surface area (Å²) in [5.41, 5.74) is 8.19. The minimum Gasteiger partial charge on any atom is -0.381 e. The molecule has 2 aromatic rings. The molecule has 1 aliphatic rings. The minimum atomic E-state index is -0.370. The molecule has 0 aliphatic carbocycles. The highest BCUT2D eigenvalue weighted by Gasteiger charge is 2.17. The van der Waals surface area contributed by atoms with E-state index in [1.807, 2.05) is 43.4 Å². The summed E-state index contributed by atoms with van der Waals surface area (Å²) in [5, 5.41) is 3.63. The van der Waals surface area contributed by atoms with Crippen LogP contribution in [0.1, 0.15) is 35.2 Å². The molecule has 2 heterocycles. The molecule has 144 valence electrons. The molecule has 1 aromatic heterocycles. The molecule has 6 nitrogen and oxygen atoms in total. The molecular weight excluding hydrogens is 338 g/mol. The number of rotatable bonds is 6. The maximum atomic E-state index is 11.4. The molecule has 0 unspecified atom stereocenters. The Hall–Kier alpha value is -2.60. The van der Waals surface area contributed by atoms with Crippen molar-refractivity contribution in [1.82, 2.24) is 9.88 Å². The van der Waals surface area contributed by atoms with E-state index in [-0.39, 0.29) is 5.91 Å². The summed E-state index contributed by atoms with van der Waals surface area (Å²) < 4.78 is 0. The van der Waals surface area contributed by atoms with Gasteiger partial charge in [-0.1, -0.05) is 12.1 Å². The van der Waals surface area contributed by atoms with E-state index in [9.17, 15) is 4.79 Å². The number of nitrogens with one attached hydrogen (secondary N) is 1. The van der Waals surface area contributed by atoms with Gasteiger partial charge in [0, 0.05) is 38.8 Å². The Kier molecular flexibility index (Phi) is 6.29. The van der Waals surface area contributed by atoms with Crippen molar-refractivity contribution in [3.8, 4) is 0 Å². The van der Waals surface area contributed by atoms with E-state index in [1.165, 1.54) is 0 Å². The first kappa shape index (κ1) is 19.2. The minimum absolute atomic E-state index is 0.370. The molecule has 0 saturated carbocycles. The lowest BCUT2D eigenvalue weighted by Gasteiger charge is -2.21. The molecule has 3 rings (SSSR count). The lowest BCUT2D eigenvalue weighted by Crippen LogP contribution is -2.26. The first-order chi connectivity index (χ1) is 13.0. The van der Waals surface area contributed by atoms with Crippen molar-refractivity contribution in [3.05, 3.63) is 53.7 Å². The molecule has 0 bridgehead atoms. The third kappa shape index (κ3) is 5.44. The molecule has 0 radical (unpaired) electrons. The molecule has 1 aromatic carbocycles. The van der Waals surface area contributed by atoms with E-state index in [4.69, 9.17) is 5.73 Å². The standard InChI is InChI=1S/C21H29N5O/c1-25(2)20-9-8-19(14-23-20)24-18-7-4-11-26(12-10-18)15-16-5-3-6-17(13-16)21(22)27/h3,5-6,8-9,13-14,18,24H,4,7,10-12,15H2,1-2H3,(H2,22,27)/t18-/m0/s1. The Morgan fingerprint density at radius 3 is 2.81 bits per heavy atom. The van der Waals surface area contributed by atoms with Crippen LogP contribution in [0, 0.1) is 0 Å². The number of anilines is 2. The Labute approximate surface area is 161 Å². The number of pyridine rings is 1. The number of hydrogen-bond donors (Lipinski definition) is 2. The highest BCUT2D eigenvalue weighted by atomic mass is 16.1. The van der Waals surface area contributed by atoms with E-state index in [0.29, 0.717) is 11.6 Å². The summed E-state index contributed by atoms with van der Waals surface area (Å²) >= 11 is 0. The molecule has 6 heteroatoms. The Morgan fingerprint density at radius 2 is 2.11 bits per heavy atom. The van der Waals surface area contributed by atoms with Crippen molar-refractivity contribution >= 4 is 17.4 Å². The highest BCUT2D eigenvalue weighted by Crippen LogP contribution is 2.19. The number of carbonyl (C=O) groups is 1. The predicted molar refractivity (Wildman–Crippen MR) is 110 cm³/mol. The summed E-state index contributed by atoms with van der Waals surface area (Å²) in [6.07, 6.45) is 5.29. The second-order valence-corrected chi connectivity index (χ2v) is 7.41. The van der Waals surface area contributed by atoms with Crippen LogP contribution in [0.4, 0.5) is 11.5 Å². The number of nitrogens with zero attached hydrogens (tertiary/aromatic N) is 3. The van der Waals surface area contributed by atoms with Gasteiger partial charge in [-0.3, -0.25) is 9.69 Å². The average Bonchev–Trinajstić information content (AvgIpc) is 2.87. The monoisotopic (exact) mass is 367 g/mol. The summed E-state index contributed by atoms with van der Waals surface area (Å²) in [6, 6.07) is 12.2. The van der Waals surface area contributed by atoms with Gasteiger partial charge in [0.05, 0.1) is 11.9 Å². The van der Waals surface area contributed by atoms with Gasteiger partial charge in [-0.15, -0.1) is 0 Å².